The molecule has 0 saturated carbocycles. The molecule has 0 unspecified atom stereocenters. The molecule has 0 bridgehead atoms. The minimum atomic E-state index is -0.0256. The normalized spacial score (nSPS) is 11.3. The van der Waals surface area contributed by atoms with E-state index in [9.17, 15) is 10.2 Å². The number of pyridine rings is 2. The second kappa shape index (κ2) is 10.4. The zero-order chi connectivity index (χ0) is 25.9. The fourth-order valence-electron chi connectivity index (χ4n) is 4.66. The lowest BCUT2D eigenvalue weighted by atomic mass is 10.00. The molecule has 2 aromatic carbocycles. The second-order valence-electron chi connectivity index (χ2n) is 9.14. The molecule has 188 valence electrons. The molecule has 6 aromatic rings. The molecule has 0 radical (unpaired) electrons. The Morgan fingerprint density at radius 3 is 1.47 bits per heavy atom. The van der Waals surface area contributed by atoms with Gasteiger partial charge in [0.1, 0.15) is 11.4 Å². The molecule has 0 spiro atoms. The molecule has 0 aliphatic carbocycles. The molecule has 0 fully saturated rings. The van der Waals surface area contributed by atoms with Gasteiger partial charge in [-0.2, -0.15) is 10.2 Å². The molecule has 6 rings (SSSR count). The number of benzene rings is 2. The SMILES string of the molecule is OCc1ccnc(-c2ccn(Cc3cccc4c(Cn5ccc(-c6cc(CO)ccn6)n5)cccc34)n2)c1. The van der Waals surface area contributed by atoms with Gasteiger partial charge in [-0.15, -0.1) is 0 Å². The number of hydrogen-bond acceptors (Lipinski definition) is 6. The fraction of sp³-hybridized carbons (Fsp3) is 0.133. The van der Waals surface area contributed by atoms with Crippen LogP contribution in [0.15, 0.2) is 97.6 Å². The van der Waals surface area contributed by atoms with Crippen LogP contribution in [-0.2, 0) is 26.3 Å². The highest BCUT2D eigenvalue weighted by Gasteiger charge is 2.11. The maximum Gasteiger partial charge on any atom is 0.111 e. The van der Waals surface area contributed by atoms with Crippen LogP contribution in [0.4, 0.5) is 0 Å². The van der Waals surface area contributed by atoms with Gasteiger partial charge in [0.05, 0.1) is 37.7 Å². The number of aliphatic hydroxyl groups excluding tert-OH is 2. The van der Waals surface area contributed by atoms with E-state index < -0.39 is 0 Å². The molecule has 0 aliphatic rings. The first-order chi connectivity index (χ1) is 18.7. The van der Waals surface area contributed by atoms with Crippen LogP contribution in [0, 0.1) is 0 Å². The van der Waals surface area contributed by atoms with Crippen molar-refractivity contribution in [3.05, 3.63) is 120 Å². The van der Waals surface area contributed by atoms with Crippen LogP contribution in [0.25, 0.3) is 33.5 Å². The van der Waals surface area contributed by atoms with Gasteiger partial charge in [0.25, 0.3) is 0 Å². The highest BCUT2D eigenvalue weighted by atomic mass is 16.3. The first kappa shape index (κ1) is 23.7. The van der Waals surface area contributed by atoms with Crippen molar-refractivity contribution in [1.29, 1.82) is 0 Å². The van der Waals surface area contributed by atoms with Gasteiger partial charge in [0.15, 0.2) is 0 Å². The van der Waals surface area contributed by atoms with E-state index >= 15 is 0 Å². The lowest BCUT2D eigenvalue weighted by Gasteiger charge is -2.11. The number of aliphatic hydroxyl groups is 2. The van der Waals surface area contributed by atoms with Gasteiger partial charge in [-0.3, -0.25) is 19.3 Å². The third-order valence-electron chi connectivity index (χ3n) is 6.59. The molecule has 8 heteroatoms. The van der Waals surface area contributed by atoms with Crippen LogP contribution < -0.4 is 0 Å². The summed E-state index contributed by atoms with van der Waals surface area (Å²) >= 11 is 0. The number of aromatic nitrogens is 6. The van der Waals surface area contributed by atoms with E-state index in [1.54, 1.807) is 24.5 Å². The van der Waals surface area contributed by atoms with Gasteiger partial charge in [-0.05, 0) is 69.4 Å². The summed E-state index contributed by atoms with van der Waals surface area (Å²) in [5.41, 5.74) is 6.99. The lowest BCUT2D eigenvalue weighted by Crippen LogP contribution is -2.04. The summed E-state index contributed by atoms with van der Waals surface area (Å²) in [5, 5.41) is 30.7. The quantitative estimate of drug-likeness (QED) is 0.319. The average Bonchev–Trinajstić information content (AvgIpc) is 3.64. The molecule has 8 nitrogen and oxygen atoms in total. The number of hydrogen-bond donors (Lipinski definition) is 2. The minimum Gasteiger partial charge on any atom is -0.392 e. The van der Waals surface area contributed by atoms with Crippen LogP contribution in [-0.4, -0.2) is 39.7 Å². The van der Waals surface area contributed by atoms with Crippen LogP contribution in [0.2, 0.25) is 0 Å². The third kappa shape index (κ3) is 4.82. The van der Waals surface area contributed by atoms with E-state index in [-0.39, 0.29) is 13.2 Å². The second-order valence-corrected chi connectivity index (χ2v) is 9.14. The fourth-order valence-corrected chi connectivity index (χ4v) is 4.66. The highest BCUT2D eigenvalue weighted by molar-refractivity contribution is 5.88. The van der Waals surface area contributed by atoms with Crippen molar-refractivity contribution in [2.24, 2.45) is 0 Å². The van der Waals surface area contributed by atoms with Crippen LogP contribution >= 0.6 is 0 Å². The first-order valence-corrected chi connectivity index (χ1v) is 12.4. The Balaban J connectivity index is 1.25. The molecule has 4 heterocycles. The summed E-state index contributed by atoms with van der Waals surface area (Å²) in [7, 11) is 0. The smallest absolute Gasteiger partial charge is 0.111 e. The summed E-state index contributed by atoms with van der Waals surface area (Å²) < 4.78 is 3.83. The summed E-state index contributed by atoms with van der Waals surface area (Å²) in [6.45, 7) is 1.20. The molecular weight excluding hydrogens is 476 g/mol. The number of fused-ring (bicyclic) bond motifs is 1. The Morgan fingerprint density at radius 1 is 0.553 bits per heavy atom. The van der Waals surface area contributed by atoms with E-state index in [1.165, 1.54) is 21.9 Å². The zero-order valence-electron chi connectivity index (χ0n) is 20.6. The maximum atomic E-state index is 9.43. The standard InChI is InChI=1S/C30H26N6O2/c37-19-21-7-11-31-29(15-21)27-9-13-35(33-27)17-23-3-1-5-25-24(4-2-6-26(23)25)18-36-14-10-28(34-36)30-16-22(20-38)8-12-32-30/h1-16,37-38H,17-20H2. The monoisotopic (exact) mass is 502 g/mol. The van der Waals surface area contributed by atoms with Gasteiger partial charge in [0, 0.05) is 24.8 Å². The topological polar surface area (TPSA) is 102 Å². The Bertz CT molecular complexity index is 1590. The molecule has 0 aliphatic heterocycles. The summed E-state index contributed by atoms with van der Waals surface area (Å²) in [6.07, 6.45) is 7.29. The molecule has 2 N–H and O–H groups in total. The van der Waals surface area contributed by atoms with Crippen LogP contribution in [0.3, 0.4) is 0 Å². The number of rotatable bonds is 8. The Hall–Kier alpha value is -4.66. The van der Waals surface area contributed by atoms with Crippen molar-refractivity contribution in [2.75, 3.05) is 0 Å². The van der Waals surface area contributed by atoms with Gasteiger partial charge in [-0.25, -0.2) is 0 Å². The van der Waals surface area contributed by atoms with Gasteiger partial charge >= 0.3 is 0 Å². The van der Waals surface area contributed by atoms with E-state index in [4.69, 9.17) is 10.2 Å². The van der Waals surface area contributed by atoms with Gasteiger partial charge in [0.2, 0.25) is 0 Å². The highest BCUT2D eigenvalue weighted by Crippen LogP contribution is 2.25. The number of nitrogens with zero attached hydrogens (tertiary/aromatic N) is 6. The molecule has 0 amide bonds. The third-order valence-corrected chi connectivity index (χ3v) is 6.59. The Morgan fingerprint density at radius 2 is 1.03 bits per heavy atom. The Kier molecular flexibility index (Phi) is 6.47. The van der Waals surface area contributed by atoms with Gasteiger partial charge < -0.3 is 10.2 Å². The molecular formula is C30H26N6O2. The van der Waals surface area contributed by atoms with Gasteiger partial charge in [-0.1, -0.05) is 36.4 Å². The first-order valence-electron chi connectivity index (χ1n) is 12.4. The van der Waals surface area contributed by atoms with Crippen LogP contribution in [0.5, 0.6) is 0 Å². The Labute approximate surface area is 219 Å². The van der Waals surface area contributed by atoms with E-state index in [0.717, 1.165) is 33.9 Å². The van der Waals surface area contributed by atoms with Crippen molar-refractivity contribution in [2.45, 2.75) is 26.3 Å². The molecule has 4 aromatic heterocycles. The zero-order valence-corrected chi connectivity index (χ0v) is 20.6. The predicted octanol–water partition coefficient (Wildman–Crippen LogP) is 4.44. The van der Waals surface area contributed by atoms with Crippen molar-refractivity contribution in [1.82, 2.24) is 29.5 Å². The lowest BCUT2D eigenvalue weighted by molar-refractivity contribution is 0.281. The summed E-state index contributed by atoms with van der Waals surface area (Å²) in [4.78, 5) is 8.80. The van der Waals surface area contributed by atoms with E-state index in [1.807, 2.05) is 46.0 Å². The van der Waals surface area contributed by atoms with Crippen LogP contribution in [0.1, 0.15) is 22.3 Å². The predicted molar refractivity (Wildman–Crippen MR) is 145 cm³/mol. The average molecular weight is 503 g/mol. The maximum absolute atomic E-state index is 9.43. The van der Waals surface area contributed by atoms with E-state index in [0.29, 0.717) is 13.1 Å². The summed E-state index contributed by atoms with van der Waals surface area (Å²) in [6, 6.07) is 23.9. The molecule has 0 atom stereocenters. The van der Waals surface area contributed by atoms with Crippen molar-refractivity contribution >= 4 is 10.8 Å². The minimum absolute atomic E-state index is 0.0256. The largest absolute Gasteiger partial charge is 0.392 e. The van der Waals surface area contributed by atoms with Crippen molar-refractivity contribution in [3.8, 4) is 22.8 Å². The molecule has 38 heavy (non-hydrogen) atoms. The van der Waals surface area contributed by atoms with Crippen molar-refractivity contribution in [3.63, 3.8) is 0 Å². The van der Waals surface area contributed by atoms with Crippen molar-refractivity contribution < 1.29 is 10.2 Å². The molecule has 0 saturated heterocycles. The van der Waals surface area contributed by atoms with E-state index in [2.05, 4.69) is 46.4 Å². The summed E-state index contributed by atoms with van der Waals surface area (Å²) in [5.74, 6) is 0.